The Morgan fingerprint density at radius 3 is 1.84 bits per heavy atom. The fraction of sp³-hybridized carbons (Fsp3) is 0.0256. The summed E-state index contributed by atoms with van der Waals surface area (Å²) in [6.07, 6.45) is 0. The zero-order chi connectivity index (χ0) is 31.3. The molecule has 8 aromatic rings. The predicted molar refractivity (Wildman–Crippen MR) is 177 cm³/mol. The molecule has 0 radical (unpaired) electrons. The lowest BCUT2D eigenvalue weighted by Crippen LogP contribution is -1.95. The summed E-state index contributed by atoms with van der Waals surface area (Å²) in [7, 11) is 0. The molecule has 0 atom stereocenters. The summed E-state index contributed by atoms with van der Waals surface area (Å²) in [5.74, 6) is 0.699. The maximum atomic E-state index is 7.81. The van der Waals surface area contributed by atoms with Crippen molar-refractivity contribution in [3.63, 3.8) is 0 Å². The first-order chi connectivity index (χ1) is 22.4. The van der Waals surface area contributed by atoms with Gasteiger partial charge in [0, 0.05) is 42.7 Å². The lowest BCUT2D eigenvalue weighted by molar-refractivity contribution is 1.23. The van der Waals surface area contributed by atoms with E-state index >= 15 is 0 Å². The highest BCUT2D eigenvalue weighted by atomic mass is 14.9. The van der Waals surface area contributed by atoms with Crippen molar-refractivity contribution in [2.24, 2.45) is 0 Å². The number of hydrogen-bond acceptors (Lipinski definition) is 4. The van der Waals surface area contributed by atoms with Crippen LogP contribution in [0.1, 0.15) is 9.81 Å². The van der Waals surface area contributed by atoms with Gasteiger partial charge in [0.2, 0.25) is 0 Å². The Hall–Kier alpha value is -5.74. The van der Waals surface area contributed by atoms with Crippen molar-refractivity contribution >= 4 is 32.7 Å². The topological polar surface area (TPSA) is 51.6 Å². The van der Waals surface area contributed by atoms with E-state index in [4.69, 9.17) is 19.1 Å². The van der Waals surface area contributed by atoms with Gasteiger partial charge in [-0.2, -0.15) is 0 Å². The second-order valence-electron chi connectivity index (χ2n) is 10.5. The molecule has 0 aliphatic heterocycles. The molecule has 0 amide bonds. The maximum absolute atomic E-state index is 7.81. The van der Waals surface area contributed by atoms with E-state index in [1.165, 1.54) is 0 Å². The third-order valence-electron chi connectivity index (χ3n) is 7.81. The largest absolute Gasteiger partial charge is 0.251 e. The summed E-state index contributed by atoms with van der Waals surface area (Å²) >= 11 is 0. The van der Waals surface area contributed by atoms with E-state index in [0.717, 1.165) is 60.9 Å². The van der Waals surface area contributed by atoms with Gasteiger partial charge in [-0.3, -0.25) is 4.98 Å². The molecule has 4 heteroatoms. The van der Waals surface area contributed by atoms with Gasteiger partial charge in [-0.25, -0.2) is 15.0 Å². The molecule has 0 N–H and O–H groups in total. The first-order valence-electron chi connectivity index (χ1n) is 15.7. The molecule has 0 fully saturated rings. The van der Waals surface area contributed by atoms with Gasteiger partial charge in [-0.1, -0.05) is 115 Å². The van der Waals surface area contributed by atoms with E-state index < -0.39 is 6.85 Å². The molecule has 0 saturated heterocycles. The number of aryl methyl sites for hydroxylation is 1. The first kappa shape index (κ1) is 21.9. The van der Waals surface area contributed by atoms with E-state index in [1.54, 1.807) is 12.1 Å². The Kier molecular flexibility index (Phi) is 5.24. The number of fused-ring (bicyclic) bond motifs is 4. The Labute approximate surface area is 253 Å². The molecule has 0 unspecified atom stereocenters. The van der Waals surface area contributed by atoms with Crippen molar-refractivity contribution in [1.29, 1.82) is 0 Å². The van der Waals surface area contributed by atoms with Crippen LogP contribution in [0.3, 0.4) is 0 Å². The summed E-state index contributed by atoms with van der Waals surface area (Å²) in [6.45, 7) is -2.29. The van der Waals surface area contributed by atoms with Crippen LogP contribution in [0, 0.1) is 6.85 Å². The molecule has 0 saturated carbocycles. The summed E-state index contributed by atoms with van der Waals surface area (Å²) in [4.78, 5) is 19.4. The Balaban J connectivity index is 1.19. The summed E-state index contributed by atoms with van der Waals surface area (Å²) < 4.78 is 23.4. The molecule has 8 rings (SSSR count). The van der Waals surface area contributed by atoms with Crippen LogP contribution < -0.4 is 0 Å². The van der Waals surface area contributed by atoms with Crippen molar-refractivity contribution in [3.05, 3.63) is 145 Å². The van der Waals surface area contributed by atoms with E-state index in [1.807, 2.05) is 72.8 Å². The molecule has 0 aliphatic carbocycles. The molecule has 0 aliphatic rings. The van der Waals surface area contributed by atoms with Crippen molar-refractivity contribution in [3.8, 4) is 45.0 Å². The highest BCUT2D eigenvalue weighted by molar-refractivity contribution is 6.03. The van der Waals surface area contributed by atoms with Crippen molar-refractivity contribution in [2.75, 3.05) is 0 Å². The third-order valence-corrected chi connectivity index (χ3v) is 7.81. The molecular formula is C39H26N4. The predicted octanol–water partition coefficient (Wildman–Crippen LogP) is 9.70. The molecule has 5 aromatic carbocycles. The third kappa shape index (κ3) is 4.59. The molecule has 3 aromatic heterocycles. The monoisotopic (exact) mass is 553 g/mol. The van der Waals surface area contributed by atoms with Gasteiger partial charge in [0.05, 0.1) is 27.9 Å². The lowest BCUT2D eigenvalue weighted by Gasteiger charge is -2.12. The van der Waals surface area contributed by atoms with E-state index in [0.29, 0.717) is 16.9 Å². The average Bonchev–Trinajstić information content (AvgIpc) is 3.11. The van der Waals surface area contributed by atoms with Gasteiger partial charge < -0.3 is 0 Å². The molecule has 3 heterocycles. The molecule has 0 bridgehead atoms. The number of hydrogen-bond donors (Lipinski definition) is 0. The van der Waals surface area contributed by atoms with Gasteiger partial charge in [-0.05, 0) is 42.2 Å². The van der Waals surface area contributed by atoms with Crippen LogP contribution >= 0.6 is 0 Å². The fourth-order valence-corrected chi connectivity index (χ4v) is 5.60. The Bertz CT molecular complexity index is 2390. The highest BCUT2D eigenvalue weighted by Crippen LogP contribution is 2.33. The molecule has 4 nitrogen and oxygen atoms in total. The van der Waals surface area contributed by atoms with Crippen LogP contribution in [0.2, 0.25) is 0 Å². The molecule has 0 spiro atoms. The van der Waals surface area contributed by atoms with Gasteiger partial charge in [0.25, 0.3) is 0 Å². The zero-order valence-corrected chi connectivity index (χ0v) is 23.1. The molecule has 43 heavy (non-hydrogen) atoms. The number of aromatic nitrogens is 4. The van der Waals surface area contributed by atoms with Gasteiger partial charge in [0.15, 0.2) is 5.82 Å². The fourth-order valence-electron chi connectivity index (χ4n) is 5.60. The van der Waals surface area contributed by atoms with E-state index in [2.05, 4.69) is 59.6 Å². The minimum absolute atomic E-state index is 0.0663. The van der Waals surface area contributed by atoms with Crippen LogP contribution in [0.25, 0.3) is 77.7 Å². The number of benzene rings is 5. The van der Waals surface area contributed by atoms with Crippen LogP contribution in [-0.4, -0.2) is 19.9 Å². The van der Waals surface area contributed by atoms with Crippen LogP contribution in [0.4, 0.5) is 0 Å². The lowest BCUT2D eigenvalue weighted by atomic mass is 9.98. The van der Waals surface area contributed by atoms with E-state index in [-0.39, 0.29) is 5.69 Å². The number of pyridine rings is 2. The number of rotatable bonds is 4. The molecule has 202 valence electrons. The Morgan fingerprint density at radius 1 is 0.465 bits per heavy atom. The van der Waals surface area contributed by atoms with Gasteiger partial charge in [0.1, 0.15) is 0 Å². The SMILES string of the molecule is [2H]C([2H])([2H])c1ccc2ccc3ccc(-c4ccc(-c5ccc6nc(-c7ccccc7)nc(-c7ccccc7)c6c5)cc4)nc3c2n1. The summed E-state index contributed by atoms with van der Waals surface area (Å²) in [5.41, 5.74) is 9.00. The van der Waals surface area contributed by atoms with Crippen molar-refractivity contribution in [1.82, 2.24) is 19.9 Å². The maximum Gasteiger partial charge on any atom is 0.160 e. The highest BCUT2D eigenvalue weighted by Gasteiger charge is 2.13. The normalized spacial score (nSPS) is 12.7. The quantitative estimate of drug-likeness (QED) is 0.204. The smallest absolute Gasteiger partial charge is 0.160 e. The summed E-state index contributed by atoms with van der Waals surface area (Å²) in [5, 5.41) is 2.75. The van der Waals surface area contributed by atoms with Crippen molar-refractivity contribution < 1.29 is 4.11 Å². The van der Waals surface area contributed by atoms with Gasteiger partial charge in [-0.15, -0.1) is 0 Å². The first-order valence-corrected chi connectivity index (χ1v) is 14.2. The standard InChI is InChI=1S/C39H26N4/c1-25-12-13-29-18-19-30-20-22-34(41-38(30)37(29)40-25)27-16-14-26(15-17-27)32-21-23-35-33(24-32)36(28-8-4-2-5-9-28)43-39(42-35)31-10-6-3-7-11-31/h2-24H,1H3/i1D3. The second kappa shape index (κ2) is 10.3. The minimum atomic E-state index is -2.29. The minimum Gasteiger partial charge on any atom is -0.251 e. The van der Waals surface area contributed by atoms with Crippen LogP contribution in [0.5, 0.6) is 0 Å². The number of nitrogens with zero attached hydrogens (tertiary/aromatic N) is 4. The van der Waals surface area contributed by atoms with Gasteiger partial charge >= 0.3 is 0 Å². The van der Waals surface area contributed by atoms with Crippen molar-refractivity contribution in [2.45, 2.75) is 6.85 Å². The Morgan fingerprint density at radius 2 is 1.09 bits per heavy atom. The summed E-state index contributed by atoms with van der Waals surface area (Å²) in [6, 6.07) is 46.2. The zero-order valence-electron chi connectivity index (χ0n) is 26.1. The average molecular weight is 554 g/mol. The van der Waals surface area contributed by atoms with E-state index in [9.17, 15) is 0 Å². The van der Waals surface area contributed by atoms with Crippen LogP contribution in [0.15, 0.2) is 140 Å². The second-order valence-corrected chi connectivity index (χ2v) is 10.5. The molecular weight excluding hydrogens is 524 g/mol. The van der Waals surface area contributed by atoms with Crippen LogP contribution in [-0.2, 0) is 0 Å².